The van der Waals surface area contributed by atoms with Gasteiger partial charge in [0.05, 0.1) is 4.90 Å². The average molecular weight is 504 g/mol. The maximum Gasteiger partial charge on any atom is 0.291 e. The van der Waals surface area contributed by atoms with Gasteiger partial charge in [-0.25, -0.2) is 13.4 Å². The number of aryl methyl sites for hydroxylation is 1. The summed E-state index contributed by atoms with van der Waals surface area (Å²) in [7, 11) is -3.77. The Labute approximate surface area is 199 Å². The van der Waals surface area contributed by atoms with E-state index >= 15 is 0 Å². The van der Waals surface area contributed by atoms with Gasteiger partial charge in [0.15, 0.2) is 10.9 Å². The maximum atomic E-state index is 12.5. The second kappa shape index (κ2) is 9.65. The molecule has 0 aliphatic heterocycles. The highest BCUT2D eigenvalue weighted by Crippen LogP contribution is 2.24. The number of hydrogen-bond acceptors (Lipinski definition) is 7. The molecule has 33 heavy (non-hydrogen) atoms. The molecule has 8 nitrogen and oxygen atoms in total. The quantitative estimate of drug-likeness (QED) is 0.336. The van der Waals surface area contributed by atoms with Crippen LogP contribution in [-0.4, -0.2) is 19.3 Å². The Bertz CT molecular complexity index is 1370. The zero-order valence-corrected chi connectivity index (χ0v) is 19.6. The summed E-state index contributed by atoms with van der Waals surface area (Å²) in [5, 5.41) is 5.24. The first kappa shape index (κ1) is 22.8. The Morgan fingerprint density at radius 2 is 1.94 bits per heavy atom. The van der Waals surface area contributed by atoms with Gasteiger partial charge >= 0.3 is 0 Å². The summed E-state index contributed by atoms with van der Waals surface area (Å²) in [5.74, 6) is 0.773. The van der Waals surface area contributed by atoms with Crippen LogP contribution in [0, 0.1) is 6.92 Å². The van der Waals surface area contributed by atoms with Gasteiger partial charge in [0.25, 0.3) is 15.9 Å². The number of carbonyl (C=O) groups is 1. The fourth-order valence-electron chi connectivity index (χ4n) is 2.86. The van der Waals surface area contributed by atoms with E-state index in [0.29, 0.717) is 22.2 Å². The minimum Gasteiger partial charge on any atom is -0.485 e. The van der Waals surface area contributed by atoms with Gasteiger partial charge in [-0.2, -0.15) is 0 Å². The molecule has 0 aliphatic carbocycles. The van der Waals surface area contributed by atoms with Crippen LogP contribution >= 0.6 is 22.9 Å². The van der Waals surface area contributed by atoms with E-state index in [1.165, 1.54) is 41.8 Å². The number of amides is 1. The first-order valence-electron chi connectivity index (χ1n) is 9.61. The molecule has 2 aromatic carbocycles. The lowest BCUT2D eigenvalue weighted by molar-refractivity contribution is 0.0992. The van der Waals surface area contributed by atoms with Gasteiger partial charge in [-0.3, -0.25) is 9.52 Å². The van der Waals surface area contributed by atoms with Crippen LogP contribution in [0.3, 0.4) is 0 Å². The van der Waals surface area contributed by atoms with Crippen LogP contribution in [0.15, 0.2) is 75.5 Å². The molecule has 0 bridgehead atoms. The van der Waals surface area contributed by atoms with Gasteiger partial charge in [-0.15, -0.1) is 11.3 Å². The summed E-state index contributed by atoms with van der Waals surface area (Å²) in [5.41, 5.74) is 1.30. The molecule has 2 N–H and O–H groups in total. The molecule has 2 heterocycles. The number of benzene rings is 2. The molecule has 4 rings (SSSR count). The van der Waals surface area contributed by atoms with Gasteiger partial charge < -0.3 is 14.5 Å². The summed E-state index contributed by atoms with van der Waals surface area (Å²) >= 11 is 7.12. The Hall–Kier alpha value is -3.34. The first-order chi connectivity index (χ1) is 15.8. The molecule has 0 aliphatic rings. The SMILES string of the molecule is Cc1cc(Cl)ccc1OCc1ccc(C(=O)Nc2ccc(S(=O)(=O)Nc3nccs3)cc2)o1. The van der Waals surface area contributed by atoms with Crippen LogP contribution in [0.1, 0.15) is 21.9 Å². The second-order valence-electron chi connectivity index (χ2n) is 6.89. The third kappa shape index (κ3) is 5.72. The van der Waals surface area contributed by atoms with Crippen molar-refractivity contribution in [1.29, 1.82) is 0 Å². The number of nitrogens with zero attached hydrogens (tertiary/aromatic N) is 1. The van der Waals surface area contributed by atoms with E-state index in [0.717, 1.165) is 5.56 Å². The predicted molar refractivity (Wildman–Crippen MR) is 127 cm³/mol. The molecule has 1 amide bonds. The smallest absolute Gasteiger partial charge is 0.291 e. The summed E-state index contributed by atoms with van der Waals surface area (Å²) in [6, 6.07) is 14.3. The molecular weight excluding hydrogens is 486 g/mol. The maximum absolute atomic E-state index is 12.5. The van der Waals surface area contributed by atoms with Crippen molar-refractivity contribution in [3.05, 3.63) is 88.3 Å². The fraction of sp³-hybridized carbons (Fsp3) is 0.0909. The molecule has 170 valence electrons. The Morgan fingerprint density at radius 1 is 1.15 bits per heavy atom. The highest BCUT2D eigenvalue weighted by atomic mass is 35.5. The highest BCUT2D eigenvalue weighted by Gasteiger charge is 2.17. The summed E-state index contributed by atoms with van der Waals surface area (Å²) in [4.78, 5) is 16.4. The van der Waals surface area contributed by atoms with Crippen molar-refractivity contribution in [1.82, 2.24) is 4.98 Å². The molecule has 0 radical (unpaired) electrons. The topological polar surface area (TPSA) is 111 Å². The van der Waals surface area contributed by atoms with Crippen molar-refractivity contribution in [2.24, 2.45) is 0 Å². The Kier molecular flexibility index (Phi) is 6.68. The number of halogens is 1. The Morgan fingerprint density at radius 3 is 2.64 bits per heavy atom. The van der Waals surface area contributed by atoms with Crippen molar-refractivity contribution in [3.8, 4) is 5.75 Å². The van der Waals surface area contributed by atoms with E-state index in [-0.39, 0.29) is 22.4 Å². The number of hydrogen-bond donors (Lipinski definition) is 2. The van der Waals surface area contributed by atoms with Crippen molar-refractivity contribution in [2.75, 3.05) is 10.0 Å². The van der Waals surface area contributed by atoms with Crippen LogP contribution in [0.25, 0.3) is 0 Å². The van der Waals surface area contributed by atoms with Gasteiger partial charge in [-0.1, -0.05) is 11.6 Å². The van der Waals surface area contributed by atoms with Crippen LogP contribution in [0.5, 0.6) is 5.75 Å². The van der Waals surface area contributed by atoms with E-state index in [2.05, 4.69) is 15.0 Å². The van der Waals surface area contributed by atoms with Crippen LogP contribution in [-0.2, 0) is 16.6 Å². The number of ether oxygens (including phenoxy) is 1. The number of sulfonamides is 1. The molecule has 0 atom stereocenters. The van der Waals surface area contributed by atoms with E-state index in [1.54, 1.807) is 35.7 Å². The third-order valence-corrected chi connectivity index (χ3v) is 6.88. The molecule has 0 unspecified atom stereocenters. The third-order valence-electron chi connectivity index (χ3n) is 4.47. The highest BCUT2D eigenvalue weighted by molar-refractivity contribution is 7.93. The zero-order valence-electron chi connectivity index (χ0n) is 17.2. The van der Waals surface area contributed by atoms with E-state index in [9.17, 15) is 13.2 Å². The van der Waals surface area contributed by atoms with Gasteiger partial charge in [0, 0.05) is 22.3 Å². The van der Waals surface area contributed by atoms with Crippen LogP contribution < -0.4 is 14.8 Å². The number of nitrogens with one attached hydrogen (secondary N) is 2. The summed E-state index contributed by atoms with van der Waals surface area (Å²) in [6.45, 7) is 2.03. The molecule has 4 aromatic rings. The lowest BCUT2D eigenvalue weighted by Crippen LogP contribution is -2.13. The number of aromatic nitrogens is 1. The zero-order chi connectivity index (χ0) is 23.4. The summed E-state index contributed by atoms with van der Waals surface area (Å²) < 4.78 is 38.5. The predicted octanol–water partition coefficient (Wildman–Crippen LogP) is 5.33. The first-order valence-corrected chi connectivity index (χ1v) is 12.4. The molecule has 11 heteroatoms. The monoisotopic (exact) mass is 503 g/mol. The molecule has 2 aromatic heterocycles. The molecule has 0 saturated carbocycles. The normalized spacial score (nSPS) is 11.2. The fourth-order valence-corrected chi connectivity index (χ4v) is 4.87. The van der Waals surface area contributed by atoms with Crippen molar-refractivity contribution >= 4 is 49.7 Å². The molecule has 0 spiro atoms. The van der Waals surface area contributed by atoms with Crippen LogP contribution in [0.4, 0.5) is 10.8 Å². The number of rotatable bonds is 8. The van der Waals surface area contributed by atoms with Gasteiger partial charge in [0.1, 0.15) is 18.1 Å². The lowest BCUT2D eigenvalue weighted by Gasteiger charge is -2.08. The number of carbonyl (C=O) groups excluding carboxylic acids is 1. The van der Waals surface area contributed by atoms with E-state index in [4.69, 9.17) is 20.8 Å². The molecule has 0 fully saturated rings. The number of furan rings is 1. The summed E-state index contributed by atoms with van der Waals surface area (Å²) in [6.07, 6.45) is 1.51. The Balaban J connectivity index is 1.36. The largest absolute Gasteiger partial charge is 0.485 e. The number of thiazole rings is 1. The number of anilines is 2. The van der Waals surface area contributed by atoms with Crippen molar-refractivity contribution < 1.29 is 22.4 Å². The van der Waals surface area contributed by atoms with Gasteiger partial charge in [-0.05, 0) is 67.1 Å². The minimum atomic E-state index is -3.77. The standard InChI is InChI=1S/C22H18ClN3O5S2/c1-14-12-15(23)2-8-19(14)30-13-17-5-9-20(31-17)21(27)25-16-3-6-18(7-4-16)33(28,29)26-22-24-10-11-32-22/h2-12H,13H2,1H3,(H,24,26)(H,25,27). The van der Waals surface area contributed by atoms with Crippen LogP contribution in [0.2, 0.25) is 5.02 Å². The minimum absolute atomic E-state index is 0.0469. The van der Waals surface area contributed by atoms with Crippen molar-refractivity contribution in [3.63, 3.8) is 0 Å². The molecule has 0 saturated heterocycles. The van der Waals surface area contributed by atoms with E-state index in [1.807, 2.05) is 6.92 Å². The average Bonchev–Trinajstić information content (AvgIpc) is 3.45. The molecular formula is C22H18ClN3O5S2. The second-order valence-corrected chi connectivity index (χ2v) is 9.90. The van der Waals surface area contributed by atoms with Crippen molar-refractivity contribution in [2.45, 2.75) is 18.4 Å². The lowest BCUT2D eigenvalue weighted by atomic mass is 10.2. The van der Waals surface area contributed by atoms with E-state index < -0.39 is 15.9 Å². The van der Waals surface area contributed by atoms with Gasteiger partial charge in [0.2, 0.25) is 0 Å².